The quantitative estimate of drug-likeness (QED) is 0.409. The van der Waals surface area contributed by atoms with Crippen molar-refractivity contribution in [1.82, 2.24) is 5.32 Å². The zero-order valence-corrected chi connectivity index (χ0v) is 16.1. The third-order valence-electron chi connectivity index (χ3n) is 3.35. The molecule has 0 atom stereocenters. The summed E-state index contributed by atoms with van der Waals surface area (Å²) in [6.45, 7) is 4.83. The van der Waals surface area contributed by atoms with E-state index in [2.05, 4.69) is 19.2 Å². The minimum atomic E-state index is -0.106. The lowest BCUT2D eigenvalue weighted by atomic mass is 10.1. The van der Waals surface area contributed by atoms with Crippen LogP contribution in [0, 0.1) is 0 Å². The van der Waals surface area contributed by atoms with Crippen LogP contribution in [-0.4, -0.2) is 40.3 Å². The molecule has 0 saturated heterocycles. The monoisotopic (exact) mass is 373 g/mol. The molecule has 1 aromatic carbocycles. The number of rotatable bonds is 11. The Morgan fingerprint density at radius 3 is 2.38 bits per heavy atom. The lowest BCUT2D eigenvalue weighted by Crippen LogP contribution is -2.29. The molecular weight excluding hydrogens is 346 g/mol. The molecule has 1 aromatic rings. The van der Waals surface area contributed by atoms with Gasteiger partial charge in [-0.2, -0.15) is 0 Å². The van der Waals surface area contributed by atoms with Crippen molar-refractivity contribution in [3.05, 3.63) is 29.3 Å². The molecule has 0 bridgehead atoms. The lowest BCUT2D eigenvalue weighted by molar-refractivity contribution is -0.121. The number of aliphatic hydroxyl groups excluding tert-OH is 2. The van der Waals surface area contributed by atoms with Crippen molar-refractivity contribution in [2.45, 2.75) is 44.6 Å². The number of benzene rings is 1. The fourth-order valence-corrected chi connectivity index (χ4v) is 4.36. The van der Waals surface area contributed by atoms with Crippen molar-refractivity contribution < 1.29 is 19.7 Å². The Kier molecular flexibility index (Phi) is 9.58. The number of hydrogen-bond acceptors (Lipinski definition) is 6. The van der Waals surface area contributed by atoms with Crippen LogP contribution in [0.4, 0.5) is 0 Å². The van der Waals surface area contributed by atoms with Gasteiger partial charge < -0.3 is 20.3 Å². The first-order chi connectivity index (χ1) is 11.4. The average Bonchev–Trinajstić information content (AvgIpc) is 2.56. The van der Waals surface area contributed by atoms with Crippen molar-refractivity contribution in [3.63, 3.8) is 0 Å². The summed E-state index contributed by atoms with van der Waals surface area (Å²) in [6, 6.07) is 5.18. The smallest absolute Gasteiger partial charge is 0.220 e. The molecule has 0 aliphatic carbocycles. The molecule has 0 saturated carbocycles. The number of ether oxygens (including phenoxy) is 1. The highest BCUT2D eigenvalue weighted by molar-refractivity contribution is 8.76. The van der Waals surface area contributed by atoms with Crippen molar-refractivity contribution in [3.8, 4) is 5.75 Å². The first-order valence-corrected chi connectivity index (χ1v) is 10.4. The summed E-state index contributed by atoms with van der Waals surface area (Å²) in [4.78, 5) is 11.9. The van der Waals surface area contributed by atoms with E-state index in [1.165, 1.54) is 0 Å². The van der Waals surface area contributed by atoms with E-state index in [-0.39, 0.29) is 23.9 Å². The molecule has 0 radical (unpaired) electrons. The zero-order valence-electron chi connectivity index (χ0n) is 14.5. The Morgan fingerprint density at radius 2 is 1.83 bits per heavy atom. The summed E-state index contributed by atoms with van der Waals surface area (Å²) < 4.78 is 5.66. The molecule has 0 heterocycles. The second-order valence-corrected chi connectivity index (χ2v) is 9.11. The van der Waals surface area contributed by atoms with Crippen LogP contribution in [0.5, 0.6) is 5.75 Å². The zero-order chi connectivity index (χ0) is 18.0. The normalized spacial score (nSPS) is 11.4. The fraction of sp³-hybridized carbons (Fsp3) is 0.588. The maximum atomic E-state index is 11.9. The van der Waals surface area contributed by atoms with E-state index in [1.54, 1.807) is 39.8 Å². The van der Waals surface area contributed by atoms with E-state index in [0.29, 0.717) is 36.4 Å². The molecule has 0 aliphatic rings. The van der Waals surface area contributed by atoms with E-state index < -0.39 is 0 Å². The number of hydrogen-bond donors (Lipinski definition) is 3. The summed E-state index contributed by atoms with van der Waals surface area (Å²) >= 11 is 0. The van der Waals surface area contributed by atoms with Gasteiger partial charge >= 0.3 is 0 Å². The Balaban J connectivity index is 2.32. The number of carbonyl (C=O) groups is 1. The Hall–Kier alpha value is -0.890. The van der Waals surface area contributed by atoms with Crippen molar-refractivity contribution in [2.75, 3.05) is 19.4 Å². The summed E-state index contributed by atoms with van der Waals surface area (Å²) in [7, 11) is 3.49. The number of carbonyl (C=O) groups excluding carboxylic acids is 1. The third kappa shape index (κ3) is 8.28. The van der Waals surface area contributed by atoms with Crippen LogP contribution in [0.25, 0.3) is 0 Å². The van der Waals surface area contributed by atoms with Gasteiger partial charge in [-0.1, -0.05) is 27.7 Å². The van der Waals surface area contributed by atoms with Crippen molar-refractivity contribution in [1.29, 1.82) is 0 Å². The van der Waals surface area contributed by atoms with Crippen LogP contribution < -0.4 is 10.1 Å². The van der Waals surface area contributed by atoms with E-state index in [4.69, 9.17) is 4.74 Å². The molecule has 0 aromatic heterocycles. The number of nitrogens with one attached hydrogen (secondary N) is 1. The summed E-state index contributed by atoms with van der Waals surface area (Å²) in [5.41, 5.74) is 1.38. The van der Waals surface area contributed by atoms with Crippen LogP contribution in [0.1, 0.15) is 37.8 Å². The maximum Gasteiger partial charge on any atom is 0.220 e. The molecule has 0 unspecified atom stereocenters. The first kappa shape index (κ1) is 21.2. The standard InChI is InChI=1S/C17H27NO4S2/c1-17(2,24-23-3)5-4-16(21)18-6-7-22-15-9-13(11-19)8-14(10-15)12-20/h8-10,19-20H,4-7,11-12H2,1-3H3,(H,18,21). The molecule has 136 valence electrons. The van der Waals surface area contributed by atoms with Gasteiger partial charge in [0.25, 0.3) is 0 Å². The topological polar surface area (TPSA) is 78.8 Å². The number of aliphatic hydroxyl groups is 2. The molecule has 1 amide bonds. The molecule has 0 aliphatic heterocycles. The summed E-state index contributed by atoms with van der Waals surface area (Å²) in [6.07, 6.45) is 3.36. The van der Waals surface area contributed by atoms with E-state index >= 15 is 0 Å². The van der Waals surface area contributed by atoms with Gasteiger partial charge in [0.05, 0.1) is 19.8 Å². The molecule has 24 heavy (non-hydrogen) atoms. The summed E-state index contributed by atoms with van der Waals surface area (Å²) in [5, 5.41) is 21.2. The molecule has 0 spiro atoms. The largest absolute Gasteiger partial charge is 0.492 e. The van der Waals surface area contributed by atoms with Gasteiger partial charge in [-0.05, 0) is 49.8 Å². The highest BCUT2D eigenvalue weighted by atomic mass is 33.1. The van der Waals surface area contributed by atoms with Gasteiger partial charge in [0, 0.05) is 11.2 Å². The van der Waals surface area contributed by atoms with Gasteiger partial charge in [-0.3, -0.25) is 4.79 Å². The molecular formula is C17H27NO4S2. The van der Waals surface area contributed by atoms with Gasteiger partial charge in [-0.15, -0.1) is 0 Å². The van der Waals surface area contributed by atoms with Gasteiger partial charge in [-0.25, -0.2) is 0 Å². The Morgan fingerprint density at radius 1 is 1.21 bits per heavy atom. The van der Waals surface area contributed by atoms with Gasteiger partial charge in [0.1, 0.15) is 12.4 Å². The van der Waals surface area contributed by atoms with Crippen LogP contribution in [0.2, 0.25) is 0 Å². The maximum absolute atomic E-state index is 11.9. The first-order valence-electron chi connectivity index (χ1n) is 7.86. The third-order valence-corrected chi connectivity index (χ3v) is 6.02. The number of amides is 1. The lowest BCUT2D eigenvalue weighted by Gasteiger charge is -2.21. The molecule has 0 fully saturated rings. The average molecular weight is 374 g/mol. The van der Waals surface area contributed by atoms with E-state index in [1.807, 2.05) is 6.26 Å². The minimum Gasteiger partial charge on any atom is -0.492 e. The van der Waals surface area contributed by atoms with Crippen molar-refractivity contribution in [2.24, 2.45) is 0 Å². The summed E-state index contributed by atoms with van der Waals surface area (Å²) in [5.74, 6) is 0.603. The highest BCUT2D eigenvalue weighted by Crippen LogP contribution is 2.36. The molecule has 7 heteroatoms. The fourth-order valence-electron chi connectivity index (χ4n) is 2.12. The SMILES string of the molecule is CSSC(C)(C)CCC(=O)NCCOc1cc(CO)cc(CO)c1. The predicted octanol–water partition coefficient (Wildman–Crippen LogP) is 2.74. The second kappa shape index (κ2) is 10.9. The Bertz CT molecular complexity index is 501. The second-order valence-electron chi connectivity index (χ2n) is 6.01. The molecule has 5 nitrogen and oxygen atoms in total. The molecule has 1 rings (SSSR count). The van der Waals surface area contributed by atoms with E-state index in [0.717, 1.165) is 6.42 Å². The predicted molar refractivity (Wildman–Crippen MR) is 101 cm³/mol. The van der Waals surface area contributed by atoms with Crippen LogP contribution in [0.3, 0.4) is 0 Å². The minimum absolute atomic E-state index is 0.0218. The van der Waals surface area contributed by atoms with Crippen LogP contribution >= 0.6 is 21.6 Å². The van der Waals surface area contributed by atoms with E-state index in [9.17, 15) is 15.0 Å². The molecule has 3 N–H and O–H groups in total. The van der Waals surface area contributed by atoms with Crippen LogP contribution in [0.15, 0.2) is 18.2 Å². The Labute approximate surface area is 152 Å². The highest BCUT2D eigenvalue weighted by Gasteiger charge is 2.19. The van der Waals surface area contributed by atoms with Gasteiger partial charge in [0.2, 0.25) is 5.91 Å². The van der Waals surface area contributed by atoms with Crippen LogP contribution in [-0.2, 0) is 18.0 Å². The van der Waals surface area contributed by atoms with Gasteiger partial charge in [0.15, 0.2) is 0 Å². The van der Waals surface area contributed by atoms with Crippen molar-refractivity contribution >= 4 is 27.5 Å².